The Bertz CT molecular complexity index is 468. The Morgan fingerprint density at radius 2 is 2.06 bits per heavy atom. The Hall–Kier alpha value is -0.530. The molecular formula is C11H11Br2NO3S. The molecule has 0 aliphatic heterocycles. The summed E-state index contributed by atoms with van der Waals surface area (Å²) < 4.78 is 1.84. The third-order valence-corrected chi connectivity index (χ3v) is 4.95. The van der Waals surface area contributed by atoms with E-state index in [1.165, 1.54) is 18.7 Å². The van der Waals surface area contributed by atoms with E-state index < -0.39 is 12.0 Å². The van der Waals surface area contributed by atoms with Crippen molar-refractivity contribution in [1.82, 2.24) is 5.32 Å². The lowest BCUT2D eigenvalue weighted by molar-refractivity contribution is -0.140. The van der Waals surface area contributed by atoms with Crippen molar-refractivity contribution in [3.63, 3.8) is 0 Å². The summed E-state index contributed by atoms with van der Waals surface area (Å²) in [7, 11) is 0. The maximum Gasteiger partial charge on any atom is 0.327 e. The highest BCUT2D eigenvalue weighted by Gasteiger charge is 2.18. The molecule has 1 aromatic rings. The molecule has 18 heavy (non-hydrogen) atoms. The number of carbonyl (C=O) groups excluding carboxylic acids is 1. The van der Waals surface area contributed by atoms with Crippen molar-refractivity contribution in [3.05, 3.63) is 27.1 Å². The predicted molar refractivity (Wildman–Crippen MR) is 77.8 cm³/mol. The molecular weight excluding hydrogens is 386 g/mol. The van der Waals surface area contributed by atoms with Gasteiger partial charge in [-0.25, -0.2) is 4.79 Å². The number of carboxylic acid groups (broad SMARTS) is 1. The van der Waals surface area contributed by atoms with E-state index in [4.69, 9.17) is 5.11 Å². The minimum Gasteiger partial charge on any atom is -0.480 e. The van der Waals surface area contributed by atoms with Gasteiger partial charge in [0.2, 0.25) is 5.91 Å². The van der Waals surface area contributed by atoms with Crippen LogP contribution in [0.15, 0.2) is 32.0 Å². The summed E-state index contributed by atoms with van der Waals surface area (Å²) in [5.41, 5.74) is 0. The van der Waals surface area contributed by atoms with Gasteiger partial charge in [0.15, 0.2) is 0 Å². The van der Waals surface area contributed by atoms with Crippen LogP contribution < -0.4 is 5.32 Å². The first-order valence-corrected chi connectivity index (χ1v) is 7.55. The second-order valence-electron chi connectivity index (χ2n) is 3.48. The lowest BCUT2D eigenvalue weighted by atomic mass is 10.3. The molecule has 0 saturated heterocycles. The van der Waals surface area contributed by atoms with Gasteiger partial charge in [0, 0.05) is 26.5 Å². The van der Waals surface area contributed by atoms with Crippen molar-refractivity contribution >= 4 is 55.5 Å². The van der Waals surface area contributed by atoms with Gasteiger partial charge in [-0.15, -0.1) is 11.8 Å². The van der Waals surface area contributed by atoms with Crippen LogP contribution in [0.25, 0.3) is 0 Å². The van der Waals surface area contributed by atoms with E-state index in [2.05, 4.69) is 37.2 Å². The SMILES string of the molecule is CC(=O)N[C@@H](CSc1ccc(Br)c(Br)c1)C(=O)O. The van der Waals surface area contributed by atoms with Gasteiger partial charge >= 0.3 is 5.97 Å². The van der Waals surface area contributed by atoms with Gasteiger partial charge in [-0.3, -0.25) is 4.79 Å². The van der Waals surface area contributed by atoms with Crippen molar-refractivity contribution in [2.45, 2.75) is 17.9 Å². The highest BCUT2D eigenvalue weighted by Crippen LogP contribution is 2.28. The van der Waals surface area contributed by atoms with Gasteiger partial charge < -0.3 is 10.4 Å². The Morgan fingerprint density at radius 1 is 1.39 bits per heavy atom. The first-order valence-electron chi connectivity index (χ1n) is 4.98. The molecule has 1 atom stereocenters. The van der Waals surface area contributed by atoms with E-state index in [-0.39, 0.29) is 11.7 Å². The normalized spacial score (nSPS) is 11.9. The Labute approximate surface area is 126 Å². The molecule has 0 unspecified atom stereocenters. The number of thioether (sulfide) groups is 1. The Morgan fingerprint density at radius 3 is 2.56 bits per heavy atom. The molecule has 0 spiro atoms. The highest BCUT2D eigenvalue weighted by molar-refractivity contribution is 9.13. The number of nitrogens with one attached hydrogen (secondary N) is 1. The molecule has 0 aliphatic carbocycles. The molecule has 0 fully saturated rings. The first kappa shape index (κ1) is 15.5. The molecule has 1 amide bonds. The zero-order chi connectivity index (χ0) is 13.7. The fourth-order valence-electron chi connectivity index (χ4n) is 1.17. The monoisotopic (exact) mass is 395 g/mol. The summed E-state index contributed by atoms with van der Waals surface area (Å²) in [6.45, 7) is 1.30. The van der Waals surface area contributed by atoms with Crippen molar-refractivity contribution in [1.29, 1.82) is 0 Å². The van der Waals surface area contributed by atoms with Crippen molar-refractivity contribution in [2.24, 2.45) is 0 Å². The second-order valence-corrected chi connectivity index (χ2v) is 6.28. The fourth-order valence-corrected chi connectivity index (χ4v) is 2.89. The summed E-state index contributed by atoms with van der Waals surface area (Å²) in [5.74, 6) is -1.10. The van der Waals surface area contributed by atoms with Gasteiger partial charge in [-0.1, -0.05) is 0 Å². The molecule has 98 valence electrons. The minimum absolute atomic E-state index is 0.281. The second kappa shape index (κ2) is 7.16. The largest absolute Gasteiger partial charge is 0.480 e. The zero-order valence-electron chi connectivity index (χ0n) is 9.44. The zero-order valence-corrected chi connectivity index (χ0v) is 13.4. The van der Waals surface area contributed by atoms with Crippen LogP contribution in [0.5, 0.6) is 0 Å². The van der Waals surface area contributed by atoms with Crippen LogP contribution in [-0.2, 0) is 9.59 Å². The molecule has 0 bridgehead atoms. The molecule has 1 aromatic carbocycles. The summed E-state index contributed by atoms with van der Waals surface area (Å²) >= 11 is 8.11. The number of hydrogen-bond acceptors (Lipinski definition) is 3. The van der Waals surface area contributed by atoms with Crippen LogP contribution in [0, 0.1) is 0 Å². The fraction of sp³-hybridized carbons (Fsp3) is 0.273. The maximum absolute atomic E-state index is 10.9. The molecule has 0 radical (unpaired) electrons. The molecule has 2 N–H and O–H groups in total. The van der Waals surface area contributed by atoms with Crippen LogP contribution in [0.3, 0.4) is 0 Å². The van der Waals surface area contributed by atoms with Crippen molar-refractivity contribution in [3.8, 4) is 0 Å². The maximum atomic E-state index is 10.9. The number of amides is 1. The molecule has 0 saturated carbocycles. The lowest BCUT2D eigenvalue weighted by Crippen LogP contribution is -2.41. The molecule has 0 aliphatic rings. The third kappa shape index (κ3) is 4.99. The van der Waals surface area contributed by atoms with E-state index in [0.717, 1.165) is 13.8 Å². The molecule has 1 rings (SSSR count). The average Bonchev–Trinajstić information content (AvgIpc) is 2.28. The van der Waals surface area contributed by atoms with Gasteiger partial charge in [-0.2, -0.15) is 0 Å². The first-order chi connectivity index (χ1) is 8.40. The van der Waals surface area contributed by atoms with E-state index in [9.17, 15) is 9.59 Å². The third-order valence-electron chi connectivity index (χ3n) is 1.98. The van der Waals surface area contributed by atoms with Gasteiger partial charge in [0.1, 0.15) is 6.04 Å². The van der Waals surface area contributed by atoms with Crippen LogP contribution in [-0.4, -0.2) is 28.8 Å². The van der Waals surface area contributed by atoms with E-state index in [0.29, 0.717) is 0 Å². The predicted octanol–water partition coefficient (Wildman–Crippen LogP) is 2.89. The molecule has 0 heterocycles. The topological polar surface area (TPSA) is 66.4 Å². The molecule has 7 heteroatoms. The lowest BCUT2D eigenvalue weighted by Gasteiger charge is -2.12. The standard InChI is InChI=1S/C11H11Br2NO3S/c1-6(15)14-10(11(16)17)5-18-7-2-3-8(12)9(13)4-7/h2-4,10H,5H2,1H3,(H,14,15)(H,16,17)/t10-/m0/s1. The van der Waals surface area contributed by atoms with Gasteiger partial charge in [0.25, 0.3) is 0 Å². The summed E-state index contributed by atoms with van der Waals surface area (Å²) in [5, 5.41) is 11.3. The van der Waals surface area contributed by atoms with Gasteiger partial charge in [0.05, 0.1) is 0 Å². The van der Waals surface area contributed by atoms with Crippen LogP contribution in [0.4, 0.5) is 0 Å². The van der Waals surface area contributed by atoms with Crippen molar-refractivity contribution in [2.75, 3.05) is 5.75 Å². The quantitative estimate of drug-likeness (QED) is 0.751. The van der Waals surface area contributed by atoms with Gasteiger partial charge in [-0.05, 0) is 50.1 Å². The number of hydrogen-bond donors (Lipinski definition) is 2. The number of rotatable bonds is 5. The number of carbonyl (C=O) groups is 2. The van der Waals surface area contributed by atoms with Crippen molar-refractivity contribution < 1.29 is 14.7 Å². The van der Waals surface area contributed by atoms with E-state index in [1.807, 2.05) is 18.2 Å². The van der Waals surface area contributed by atoms with Crippen LogP contribution >= 0.6 is 43.6 Å². The summed E-state index contributed by atoms with van der Waals surface area (Å²) in [6.07, 6.45) is 0. The highest BCUT2D eigenvalue weighted by atomic mass is 79.9. The number of benzene rings is 1. The number of carboxylic acids is 1. The van der Waals surface area contributed by atoms with Crippen LogP contribution in [0.1, 0.15) is 6.92 Å². The van der Waals surface area contributed by atoms with E-state index >= 15 is 0 Å². The van der Waals surface area contributed by atoms with Crippen LogP contribution in [0.2, 0.25) is 0 Å². The minimum atomic E-state index is -1.03. The van der Waals surface area contributed by atoms with E-state index in [1.54, 1.807) is 0 Å². The Kier molecular flexibility index (Phi) is 6.17. The summed E-state index contributed by atoms with van der Waals surface area (Å²) in [6, 6.07) is 4.77. The number of aliphatic carboxylic acids is 1. The molecule has 0 aromatic heterocycles. The average molecular weight is 397 g/mol. The number of halogens is 2. The Balaban J connectivity index is 2.64. The smallest absolute Gasteiger partial charge is 0.327 e. The molecule has 4 nitrogen and oxygen atoms in total. The summed E-state index contributed by atoms with van der Waals surface area (Å²) in [4.78, 5) is 22.7.